The van der Waals surface area contributed by atoms with Gasteiger partial charge in [0.1, 0.15) is 0 Å². The topological polar surface area (TPSA) is 114 Å². The lowest BCUT2D eigenvalue weighted by atomic mass is 10.1. The Hall–Kier alpha value is -3.68. The van der Waals surface area contributed by atoms with Crippen LogP contribution in [0.4, 0.5) is 0 Å². The fraction of sp³-hybridized carbons (Fsp3) is 0.158. The average molecular weight is 369 g/mol. The van der Waals surface area contributed by atoms with Crippen molar-refractivity contribution in [1.82, 2.24) is 16.2 Å². The first-order valence-electron chi connectivity index (χ1n) is 8.10. The third-order valence-electron chi connectivity index (χ3n) is 3.42. The van der Waals surface area contributed by atoms with Crippen LogP contribution in [0.1, 0.15) is 33.2 Å². The summed E-state index contributed by atoms with van der Waals surface area (Å²) >= 11 is 0. The van der Waals surface area contributed by atoms with Gasteiger partial charge in [-0.3, -0.25) is 25.2 Å². The summed E-state index contributed by atoms with van der Waals surface area (Å²) in [5.74, 6) is -1.98. The summed E-state index contributed by atoms with van der Waals surface area (Å²) < 4.78 is 4.89. The summed E-state index contributed by atoms with van der Waals surface area (Å²) in [5.41, 5.74) is 5.87. The minimum Gasteiger partial charge on any atom is -0.452 e. The Morgan fingerprint density at radius 2 is 1.52 bits per heavy atom. The van der Waals surface area contributed by atoms with Gasteiger partial charge < -0.3 is 10.1 Å². The van der Waals surface area contributed by atoms with Crippen LogP contribution < -0.4 is 16.2 Å². The lowest BCUT2D eigenvalue weighted by molar-refractivity contribution is -0.125. The largest absolute Gasteiger partial charge is 0.452 e. The summed E-state index contributed by atoms with van der Waals surface area (Å²) in [6.45, 7) is 1.23. The van der Waals surface area contributed by atoms with E-state index in [1.165, 1.54) is 19.1 Å². The highest BCUT2D eigenvalue weighted by atomic mass is 16.5. The predicted molar refractivity (Wildman–Crippen MR) is 96.3 cm³/mol. The number of hydrogen-bond acceptors (Lipinski definition) is 5. The predicted octanol–water partition coefficient (Wildman–Crippen LogP) is 0.941. The summed E-state index contributed by atoms with van der Waals surface area (Å²) in [6, 6.07) is 14.8. The fourth-order valence-electron chi connectivity index (χ4n) is 2.02. The van der Waals surface area contributed by atoms with E-state index in [0.717, 1.165) is 5.56 Å². The number of hydrogen-bond donors (Lipinski definition) is 3. The molecule has 0 aliphatic carbocycles. The van der Waals surface area contributed by atoms with Crippen molar-refractivity contribution in [2.45, 2.75) is 13.5 Å². The van der Waals surface area contributed by atoms with Gasteiger partial charge in [0.2, 0.25) is 5.91 Å². The molecule has 0 heterocycles. The first-order chi connectivity index (χ1) is 13.0. The molecule has 2 aromatic carbocycles. The first kappa shape index (κ1) is 19.6. The molecule has 0 radical (unpaired) electrons. The Bertz CT molecular complexity index is 819. The van der Waals surface area contributed by atoms with Gasteiger partial charge in [0.05, 0.1) is 5.56 Å². The van der Waals surface area contributed by atoms with Gasteiger partial charge >= 0.3 is 5.97 Å². The molecule has 2 aromatic rings. The summed E-state index contributed by atoms with van der Waals surface area (Å²) in [5, 5.41) is 2.64. The number of esters is 1. The van der Waals surface area contributed by atoms with Gasteiger partial charge in [-0.1, -0.05) is 30.3 Å². The van der Waals surface area contributed by atoms with Crippen LogP contribution in [0.15, 0.2) is 54.6 Å². The molecule has 27 heavy (non-hydrogen) atoms. The van der Waals surface area contributed by atoms with Gasteiger partial charge in [-0.25, -0.2) is 4.79 Å². The Kier molecular flexibility index (Phi) is 7.07. The summed E-state index contributed by atoms with van der Waals surface area (Å²) in [7, 11) is 0. The number of benzene rings is 2. The zero-order chi connectivity index (χ0) is 19.6. The van der Waals surface area contributed by atoms with Gasteiger partial charge in [-0.15, -0.1) is 0 Å². The van der Waals surface area contributed by atoms with Crippen molar-refractivity contribution in [2.75, 3.05) is 6.61 Å². The molecule has 0 aliphatic rings. The van der Waals surface area contributed by atoms with Crippen molar-refractivity contribution in [2.24, 2.45) is 0 Å². The van der Waals surface area contributed by atoms with E-state index in [1.54, 1.807) is 42.5 Å². The number of rotatable bonds is 6. The van der Waals surface area contributed by atoms with E-state index in [1.807, 2.05) is 0 Å². The van der Waals surface area contributed by atoms with Crippen molar-refractivity contribution in [3.05, 3.63) is 71.3 Å². The van der Waals surface area contributed by atoms with Gasteiger partial charge in [-0.2, -0.15) is 0 Å². The highest BCUT2D eigenvalue weighted by Crippen LogP contribution is 2.06. The molecule has 3 amide bonds. The molecular formula is C19H19N3O5. The number of amides is 3. The Balaban J connectivity index is 1.75. The first-order valence-corrected chi connectivity index (χ1v) is 8.10. The lowest BCUT2D eigenvalue weighted by Gasteiger charge is -2.08. The smallest absolute Gasteiger partial charge is 0.338 e. The van der Waals surface area contributed by atoms with E-state index >= 15 is 0 Å². The van der Waals surface area contributed by atoms with Gasteiger partial charge in [-0.05, 0) is 29.8 Å². The molecule has 0 spiro atoms. The third-order valence-corrected chi connectivity index (χ3v) is 3.42. The zero-order valence-corrected chi connectivity index (χ0v) is 14.7. The molecule has 8 heteroatoms. The number of ether oxygens (including phenoxy) is 1. The van der Waals surface area contributed by atoms with E-state index in [4.69, 9.17) is 4.74 Å². The molecule has 140 valence electrons. The van der Waals surface area contributed by atoms with Gasteiger partial charge in [0.15, 0.2) is 6.61 Å². The maximum atomic E-state index is 11.9. The van der Waals surface area contributed by atoms with Crippen LogP contribution in [0.5, 0.6) is 0 Å². The quantitative estimate of drug-likeness (QED) is 0.518. The normalized spacial score (nSPS) is 9.81. The minimum absolute atomic E-state index is 0.149. The van der Waals surface area contributed by atoms with Crippen molar-refractivity contribution >= 4 is 23.7 Å². The van der Waals surface area contributed by atoms with Crippen LogP contribution in [-0.2, 0) is 20.9 Å². The standard InChI is InChI=1S/C19H19N3O5/c1-13(23)20-11-14-7-9-16(10-8-14)19(26)27-12-17(24)21-22-18(25)15-5-3-2-4-6-15/h2-10H,11-12H2,1H3,(H,20,23)(H,21,24)(H,22,25). The summed E-state index contributed by atoms with van der Waals surface area (Å²) in [6.07, 6.45) is 0. The number of carbonyl (C=O) groups is 4. The molecule has 0 atom stereocenters. The molecule has 0 unspecified atom stereocenters. The van der Waals surface area contributed by atoms with E-state index in [2.05, 4.69) is 16.2 Å². The third kappa shape index (κ3) is 6.62. The van der Waals surface area contributed by atoms with E-state index in [0.29, 0.717) is 12.1 Å². The van der Waals surface area contributed by atoms with E-state index in [-0.39, 0.29) is 11.5 Å². The van der Waals surface area contributed by atoms with Gasteiger partial charge in [0, 0.05) is 19.0 Å². The second-order valence-electron chi connectivity index (χ2n) is 5.55. The molecule has 8 nitrogen and oxygen atoms in total. The summed E-state index contributed by atoms with van der Waals surface area (Å²) in [4.78, 5) is 46.2. The minimum atomic E-state index is -0.675. The lowest BCUT2D eigenvalue weighted by Crippen LogP contribution is -2.43. The molecule has 0 aromatic heterocycles. The SMILES string of the molecule is CC(=O)NCc1ccc(C(=O)OCC(=O)NNC(=O)c2ccccc2)cc1. The Labute approximate surface area is 155 Å². The average Bonchev–Trinajstić information content (AvgIpc) is 2.69. The highest BCUT2D eigenvalue weighted by Gasteiger charge is 2.11. The monoisotopic (exact) mass is 369 g/mol. The molecule has 0 fully saturated rings. The highest BCUT2D eigenvalue weighted by molar-refractivity contribution is 5.96. The van der Waals surface area contributed by atoms with E-state index < -0.39 is 24.4 Å². The molecule has 3 N–H and O–H groups in total. The Morgan fingerprint density at radius 1 is 0.852 bits per heavy atom. The maximum Gasteiger partial charge on any atom is 0.338 e. The van der Waals surface area contributed by atoms with Crippen LogP contribution in [0.25, 0.3) is 0 Å². The molecule has 0 bridgehead atoms. The molecule has 0 aliphatic heterocycles. The number of nitrogens with one attached hydrogen (secondary N) is 3. The number of carbonyl (C=O) groups excluding carboxylic acids is 4. The fourth-order valence-corrected chi connectivity index (χ4v) is 2.02. The second kappa shape index (κ2) is 9.71. The zero-order valence-electron chi connectivity index (χ0n) is 14.7. The number of hydrazine groups is 1. The van der Waals surface area contributed by atoms with Crippen LogP contribution in [0.3, 0.4) is 0 Å². The molecule has 2 rings (SSSR count). The van der Waals surface area contributed by atoms with Crippen LogP contribution in [-0.4, -0.2) is 30.3 Å². The van der Waals surface area contributed by atoms with Crippen molar-refractivity contribution in [3.63, 3.8) is 0 Å². The molecular weight excluding hydrogens is 350 g/mol. The second-order valence-corrected chi connectivity index (χ2v) is 5.55. The van der Waals surface area contributed by atoms with Crippen LogP contribution in [0.2, 0.25) is 0 Å². The van der Waals surface area contributed by atoms with Crippen molar-refractivity contribution in [3.8, 4) is 0 Å². The van der Waals surface area contributed by atoms with Crippen molar-refractivity contribution < 1.29 is 23.9 Å². The van der Waals surface area contributed by atoms with Crippen molar-refractivity contribution in [1.29, 1.82) is 0 Å². The molecule has 0 saturated heterocycles. The Morgan fingerprint density at radius 3 is 2.15 bits per heavy atom. The van der Waals surface area contributed by atoms with Gasteiger partial charge in [0.25, 0.3) is 11.8 Å². The maximum absolute atomic E-state index is 11.9. The van der Waals surface area contributed by atoms with Crippen LogP contribution in [0, 0.1) is 0 Å². The van der Waals surface area contributed by atoms with E-state index in [9.17, 15) is 19.2 Å². The molecule has 0 saturated carbocycles. The van der Waals surface area contributed by atoms with Crippen LogP contribution >= 0.6 is 0 Å².